The van der Waals surface area contributed by atoms with Crippen LogP contribution in [0, 0.1) is 0 Å². The Labute approximate surface area is 205 Å². The molecule has 1 aliphatic rings. The topological polar surface area (TPSA) is 48.0 Å². The van der Waals surface area contributed by atoms with Gasteiger partial charge in [-0.25, -0.2) is 9.97 Å². The molecule has 0 saturated heterocycles. The van der Waals surface area contributed by atoms with E-state index in [1.807, 2.05) is 61.6 Å². The van der Waals surface area contributed by atoms with Crippen molar-refractivity contribution in [2.45, 2.75) is 31.3 Å². The molecule has 33 heavy (non-hydrogen) atoms. The molecule has 4 aromatic rings. The van der Waals surface area contributed by atoms with Gasteiger partial charge in [-0.1, -0.05) is 54.6 Å². The van der Waals surface area contributed by atoms with E-state index in [-0.39, 0.29) is 0 Å². The van der Waals surface area contributed by atoms with Gasteiger partial charge in [0, 0.05) is 68.5 Å². The first-order valence-electron chi connectivity index (χ1n) is 10.6. The number of hydrogen-bond acceptors (Lipinski definition) is 3. The number of aromatic nitrogens is 4. The molecule has 0 fully saturated rings. The Morgan fingerprint density at radius 3 is 1.61 bits per heavy atom. The molecule has 0 atom stereocenters. The summed E-state index contributed by atoms with van der Waals surface area (Å²) < 4.78 is 4.13. The standard InChI is InChI=1S/C14H14N4.C8H8Cl2.C4H5N/c1-2-13(9-17-6-4-15-11-17)8-14(3-1)10-18-7-5-16-12-18;9-5-7-2-1-3-8(4-7)6-10;1-2-4-5-3-1/h1-8,11-12H,9-10H2;1-4H,5-6H2;1,3-4H,2H2. The summed E-state index contributed by atoms with van der Waals surface area (Å²) in [6.45, 7) is 1.72. The Bertz CT molecular complexity index is 1040. The lowest BCUT2D eigenvalue weighted by Crippen LogP contribution is -2.00. The molecule has 5 nitrogen and oxygen atoms in total. The van der Waals surface area contributed by atoms with E-state index in [0.717, 1.165) is 30.6 Å². The second kappa shape index (κ2) is 14.1. The Kier molecular flexibility index (Phi) is 10.5. The average Bonchev–Trinajstić information content (AvgIpc) is 3.65. The number of imidazole rings is 2. The molecule has 170 valence electrons. The Morgan fingerprint density at radius 1 is 0.727 bits per heavy atom. The minimum Gasteiger partial charge on any atom is -0.333 e. The van der Waals surface area contributed by atoms with Crippen LogP contribution in [0.4, 0.5) is 0 Å². The lowest BCUT2D eigenvalue weighted by Gasteiger charge is -2.06. The number of benzene rings is 2. The van der Waals surface area contributed by atoms with Crippen LogP contribution in [0.2, 0.25) is 0 Å². The number of hydrogen-bond donors (Lipinski definition) is 0. The predicted octanol–water partition coefficient (Wildman–Crippen LogP) is 6.32. The first-order valence-corrected chi connectivity index (χ1v) is 11.7. The summed E-state index contributed by atoms with van der Waals surface area (Å²) in [7, 11) is 0. The number of aliphatic imine (C=N–C) groups is 1. The summed E-state index contributed by atoms with van der Waals surface area (Å²) in [6.07, 6.45) is 17.9. The van der Waals surface area contributed by atoms with Gasteiger partial charge >= 0.3 is 0 Å². The van der Waals surface area contributed by atoms with Crippen LogP contribution in [0.1, 0.15) is 28.7 Å². The van der Waals surface area contributed by atoms with Gasteiger partial charge < -0.3 is 9.13 Å². The lowest BCUT2D eigenvalue weighted by atomic mass is 10.1. The SMILES string of the molecule is C1=CN=CC1.ClCc1cccc(CCl)c1.c1cc(Cn2ccnc2)cc(Cn2ccnc2)c1. The number of rotatable bonds is 6. The second-order valence-electron chi connectivity index (χ2n) is 7.33. The van der Waals surface area contributed by atoms with Gasteiger partial charge in [0.2, 0.25) is 0 Å². The van der Waals surface area contributed by atoms with Crippen LogP contribution >= 0.6 is 23.2 Å². The van der Waals surface area contributed by atoms with Gasteiger partial charge in [0.15, 0.2) is 0 Å². The fourth-order valence-corrected chi connectivity index (χ4v) is 3.44. The molecular weight excluding hydrogens is 453 g/mol. The first-order chi connectivity index (χ1) is 16.3. The van der Waals surface area contributed by atoms with Crippen LogP contribution in [0.5, 0.6) is 0 Å². The number of allylic oxidation sites excluding steroid dienone is 1. The summed E-state index contributed by atoms with van der Waals surface area (Å²) in [5, 5.41) is 0. The highest BCUT2D eigenvalue weighted by Crippen LogP contribution is 2.10. The van der Waals surface area contributed by atoms with Crippen molar-refractivity contribution in [3.8, 4) is 0 Å². The molecule has 2 aromatic heterocycles. The molecule has 0 N–H and O–H groups in total. The monoisotopic (exact) mass is 479 g/mol. The first kappa shape index (κ1) is 24.5. The van der Waals surface area contributed by atoms with Crippen molar-refractivity contribution in [2.75, 3.05) is 0 Å². The molecule has 3 heterocycles. The summed E-state index contributed by atoms with van der Waals surface area (Å²) in [4.78, 5) is 11.9. The molecular formula is C26H27Cl2N5. The largest absolute Gasteiger partial charge is 0.333 e. The summed E-state index contributed by atoms with van der Waals surface area (Å²) in [5.74, 6) is 1.12. The van der Waals surface area contributed by atoms with Crippen LogP contribution in [0.3, 0.4) is 0 Å². The minimum atomic E-state index is 0.560. The van der Waals surface area contributed by atoms with Gasteiger partial charge in [0.05, 0.1) is 12.7 Å². The number of nitrogens with zero attached hydrogens (tertiary/aromatic N) is 5. The molecule has 2 aromatic carbocycles. The van der Waals surface area contributed by atoms with E-state index in [1.54, 1.807) is 18.6 Å². The van der Waals surface area contributed by atoms with Crippen molar-refractivity contribution >= 4 is 29.4 Å². The third-order valence-corrected chi connectivity index (χ3v) is 5.30. The second-order valence-corrected chi connectivity index (χ2v) is 7.86. The molecule has 0 bridgehead atoms. The van der Waals surface area contributed by atoms with E-state index < -0.39 is 0 Å². The van der Waals surface area contributed by atoms with Crippen molar-refractivity contribution < 1.29 is 0 Å². The van der Waals surface area contributed by atoms with E-state index in [0.29, 0.717) is 11.8 Å². The smallest absolute Gasteiger partial charge is 0.0949 e. The van der Waals surface area contributed by atoms with E-state index >= 15 is 0 Å². The van der Waals surface area contributed by atoms with Gasteiger partial charge in [-0.05, 0) is 22.3 Å². The van der Waals surface area contributed by atoms with Crippen molar-refractivity contribution in [2.24, 2.45) is 4.99 Å². The molecule has 0 unspecified atom stereocenters. The fraction of sp³-hybridized carbons (Fsp3) is 0.192. The maximum atomic E-state index is 5.61. The van der Waals surface area contributed by atoms with Crippen LogP contribution in [-0.4, -0.2) is 25.3 Å². The zero-order chi connectivity index (χ0) is 23.1. The third kappa shape index (κ3) is 9.08. The van der Waals surface area contributed by atoms with Crippen molar-refractivity contribution in [1.82, 2.24) is 19.1 Å². The molecule has 0 aliphatic carbocycles. The molecule has 5 rings (SSSR count). The van der Waals surface area contributed by atoms with Gasteiger partial charge in [0.1, 0.15) is 0 Å². The summed E-state index contributed by atoms with van der Waals surface area (Å²) in [5.41, 5.74) is 4.82. The molecule has 0 amide bonds. The van der Waals surface area contributed by atoms with Crippen LogP contribution < -0.4 is 0 Å². The summed E-state index contributed by atoms with van der Waals surface area (Å²) in [6, 6.07) is 16.6. The van der Waals surface area contributed by atoms with Crippen LogP contribution in [0.15, 0.2) is 103 Å². The van der Waals surface area contributed by atoms with Gasteiger partial charge in [0.25, 0.3) is 0 Å². The molecule has 0 radical (unpaired) electrons. The maximum Gasteiger partial charge on any atom is 0.0949 e. The molecule has 1 aliphatic heterocycles. The van der Waals surface area contributed by atoms with Gasteiger partial charge in [-0.3, -0.25) is 4.99 Å². The average molecular weight is 480 g/mol. The normalized spacial score (nSPS) is 11.5. The van der Waals surface area contributed by atoms with Crippen molar-refractivity contribution in [1.29, 1.82) is 0 Å². The van der Waals surface area contributed by atoms with Crippen LogP contribution in [0.25, 0.3) is 0 Å². The van der Waals surface area contributed by atoms with Crippen molar-refractivity contribution in [3.63, 3.8) is 0 Å². The Morgan fingerprint density at radius 2 is 1.24 bits per heavy atom. The molecule has 0 saturated carbocycles. The fourth-order valence-electron chi connectivity index (χ4n) is 3.11. The minimum absolute atomic E-state index is 0.560. The summed E-state index contributed by atoms with van der Waals surface area (Å²) >= 11 is 11.2. The quantitative estimate of drug-likeness (QED) is 0.304. The molecule has 0 spiro atoms. The number of alkyl halides is 2. The highest BCUT2D eigenvalue weighted by Gasteiger charge is 1.98. The van der Waals surface area contributed by atoms with E-state index in [9.17, 15) is 0 Å². The predicted molar refractivity (Wildman–Crippen MR) is 137 cm³/mol. The Balaban J connectivity index is 0.000000170. The van der Waals surface area contributed by atoms with E-state index in [1.165, 1.54) is 11.1 Å². The highest BCUT2D eigenvalue weighted by atomic mass is 35.5. The van der Waals surface area contributed by atoms with Crippen LogP contribution in [-0.2, 0) is 24.8 Å². The zero-order valence-corrected chi connectivity index (χ0v) is 19.9. The zero-order valence-electron chi connectivity index (χ0n) is 18.3. The Hall–Kier alpha value is -3.15. The van der Waals surface area contributed by atoms with E-state index in [2.05, 4.69) is 48.4 Å². The maximum absolute atomic E-state index is 5.61. The van der Waals surface area contributed by atoms with Gasteiger partial charge in [-0.15, -0.1) is 23.2 Å². The third-order valence-electron chi connectivity index (χ3n) is 4.68. The highest BCUT2D eigenvalue weighted by molar-refractivity contribution is 6.17. The number of halogens is 2. The van der Waals surface area contributed by atoms with Gasteiger partial charge in [-0.2, -0.15) is 0 Å². The molecule has 7 heteroatoms. The van der Waals surface area contributed by atoms with Crippen molar-refractivity contribution in [3.05, 3.63) is 121 Å². The lowest BCUT2D eigenvalue weighted by molar-refractivity contribution is 0.778. The van der Waals surface area contributed by atoms with E-state index in [4.69, 9.17) is 23.2 Å².